The van der Waals surface area contributed by atoms with Crippen LogP contribution in [-0.2, 0) is 19.1 Å². The van der Waals surface area contributed by atoms with E-state index in [-0.39, 0.29) is 29.1 Å². The van der Waals surface area contributed by atoms with Crippen LogP contribution in [0.5, 0.6) is 0 Å². The molecule has 0 aromatic rings. The fourth-order valence-corrected chi connectivity index (χ4v) is 7.09. The number of ketones is 1. The molecule has 0 radical (unpaired) electrons. The van der Waals surface area contributed by atoms with Crippen molar-refractivity contribution in [3.05, 3.63) is 24.3 Å². The van der Waals surface area contributed by atoms with Crippen LogP contribution in [0.3, 0.4) is 0 Å². The molecule has 3 fully saturated rings. The molecule has 4 aliphatic rings. The molecule has 10 unspecified atom stereocenters. The number of hydrogen-bond acceptors (Lipinski definition) is 7. The van der Waals surface area contributed by atoms with Crippen LogP contribution in [0.15, 0.2) is 24.3 Å². The van der Waals surface area contributed by atoms with Gasteiger partial charge >= 0.3 is 5.97 Å². The van der Waals surface area contributed by atoms with E-state index >= 15 is 0 Å². The van der Waals surface area contributed by atoms with Crippen molar-refractivity contribution in [2.75, 3.05) is 6.61 Å². The van der Waals surface area contributed by atoms with Gasteiger partial charge in [-0.1, -0.05) is 38.5 Å². The van der Waals surface area contributed by atoms with Crippen LogP contribution in [0.4, 0.5) is 0 Å². The minimum absolute atomic E-state index is 0.0228. The Morgan fingerprint density at radius 1 is 1.21 bits per heavy atom. The van der Waals surface area contributed by atoms with E-state index in [1.54, 1.807) is 0 Å². The highest BCUT2D eigenvalue weighted by Gasteiger charge is 2.59. The van der Waals surface area contributed by atoms with Crippen molar-refractivity contribution in [3.63, 3.8) is 0 Å². The van der Waals surface area contributed by atoms with Gasteiger partial charge in [0.1, 0.15) is 24.1 Å². The monoisotopic (exact) mass is 478 g/mol. The summed E-state index contributed by atoms with van der Waals surface area (Å²) in [5, 5.41) is 39.7. The molecule has 3 aliphatic carbocycles. The van der Waals surface area contributed by atoms with Crippen molar-refractivity contribution in [3.8, 4) is 0 Å². The van der Waals surface area contributed by atoms with E-state index in [2.05, 4.69) is 32.6 Å². The zero-order chi connectivity index (χ0) is 25.1. The number of aliphatic hydroxyl groups excluding tert-OH is 3. The maximum Gasteiger partial charge on any atom is 0.335 e. The lowest BCUT2D eigenvalue weighted by Gasteiger charge is -2.59. The van der Waals surface area contributed by atoms with Gasteiger partial charge in [0, 0.05) is 6.42 Å². The zero-order valence-corrected chi connectivity index (χ0v) is 20.3. The van der Waals surface area contributed by atoms with Crippen molar-refractivity contribution >= 4 is 11.8 Å². The van der Waals surface area contributed by atoms with Gasteiger partial charge in [-0.15, -0.1) is 6.58 Å². The van der Waals surface area contributed by atoms with Crippen molar-refractivity contribution in [2.24, 2.45) is 28.1 Å². The molecule has 2 saturated carbocycles. The Kier molecular flexibility index (Phi) is 6.62. The van der Waals surface area contributed by atoms with E-state index in [9.17, 15) is 30.0 Å². The van der Waals surface area contributed by atoms with Crippen LogP contribution in [0.1, 0.15) is 59.3 Å². The van der Waals surface area contributed by atoms with Crippen molar-refractivity contribution in [1.29, 1.82) is 0 Å². The van der Waals surface area contributed by atoms with Gasteiger partial charge in [-0.25, -0.2) is 4.79 Å². The topological polar surface area (TPSA) is 134 Å². The van der Waals surface area contributed by atoms with Gasteiger partial charge in [0.05, 0.1) is 12.0 Å². The summed E-state index contributed by atoms with van der Waals surface area (Å²) >= 11 is 0. The SMILES string of the molecule is C=CC1(C)CCC2C(=CCC3C(C)(COC4OC(C(=O)O)C(O)C(O)C4O)C(=O)CCC23C)C1. The summed E-state index contributed by atoms with van der Waals surface area (Å²) in [4.78, 5) is 24.7. The fraction of sp³-hybridized carbons (Fsp3) is 0.769. The molecule has 4 N–H and O–H groups in total. The van der Waals surface area contributed by atoms with Crippen LogP contribution >= 0.6 is 0 Å². The number of carbonyl (C=O) groups is 2. The molecule has 0 spiro atoms. The summed E-state index contributed by atoms with van der Waals surface area (Å²) in [5.74, 6) is -0.973. The normalized spacial score (nSPS) is 48.9. The van der Waals surface area contributed by atoms with Crippen molar-refractivity contribution in [2.45, 2.75) is 90.0 Å². The average Bonchev–Trinajstić information content (AvgIpc) is 2.79. The number of fused-ring (bicyclic) bond motifs is 3. The molecule has 8 nitrogen and oxygen atoms in total. The summed E-state index contributed by atoms with van der Waals surface area (Å²) in [6, 6.07) is 0. The van der Waals surface area contributed by atoms with Crippen LogP contribution in [0, 0.1) is 28.1 Å². The Labute approximate surface area is 200 Å². The number of carboxylic acids is 1. The number of rotatable bonds is 5. The molecule has 0 bridgehead atoms. The second kappa shape index (κ2) is 8.82. The van der Waals surface area contributed by atoms with Gasteiger partial charge in [-0.05, 0) is 54.8 Å². The first kappa shape index (κ1) is 25.5. The second-order valence-electron chi connectivity index (χ2n) is 11.6. The lowest BCUT2D eigenvalue weighted by molar-refractivity contribution is -0.300. The van der Waals surface area contributed by atoms with Crippen LogP contribution in [-0.4, -0.2) is 69.5 Å². The van der Waals surface area contributed by atoms with E-state index in [1.165, 1.54) is 5.57 Å². The summed E-state index contributed by atoms with van der Waals surface area (Å²) in [7, 11) is 0. The largest absolute Gasteiger partial charge is 0.479 e. The van der Waals surface area contributed by atoms with Crippen LogP contribution in [0.25, 0.3) is 0 Å². The average molecular weight is 479 g/mol. The first-order chi connectivity index (χ1) is 15.9. The number of Topliss-reactive ketones (excluding diaryl/α,β-unsaturated/α-hetero) is 1. The lowest BCUT2D eigenvalue weighted by Crippen LogP contribution is -2.61. The molecule has 0 aromatic heterocycles. The van der Waals surface area contributed by atoms with E-state index < -0.39 is 42.1 Å². The predicted octanol–water partition coefficient (Wildman–Crippen LogP) is 2.21. The number of hydrogen-bond donors (Lipinski definition) is 4. The fourth-order valence-electron chi connectivity index (χ4n) is 7.09. The molecule has 0 aromatic carbocycles. The number of allylic oxidation sites excluding steroid dienone is 3. The van der Waals surface area contributed by atoms with Gasteiger partial charge in [0.15, 0.2) is 12.4 Å². The number of carbonyl (C=O) groups excluding carboxylic acids is 1. The Morgan fingerprint density at radius 2 is 1.91 bits per heavy atom. The Bertz CT molecular complexity index is 884. The third-order valence-electron chi connectivity index (χ3n) is 9.42. The number of aliphatic carboxylic acids is 1. The summed E-state index contributed by atoms with van der Waals surface area (Å²) in [6.07, 6.45) is 1.09. The summed E-state index contributed by atoms with van der Waals surface area (Å²) < 4.78 is 11.1. The van der Waals surface area contributed by atoms with Crippen LogP contribution in [0.2, 0.25) is 0 Å². The molecule has 10 atom stereocenters. The third kappa shape index (κ3) is 3.97. The molecular weight excluding hydrogens is 440 g/mol. The first-order valence-electron chi connectivity index (χ1n) is 12.3. The molecule has 4 rings (SSSR count). The van der Waals surface area contributed by atoms with E-state index in [1.807, 2.05) is 6.92 Å². The van der Waals surface area contributed by atoms with Crippen molar-refractivity contribution in [1.82, 2.24) is 0 Å². The Hall–Kier alpha value is -1.58. The summed E-state index contributed by atoms with van der Waals surface area (Å²) in [6.45, 7) is 10.4. The minimum Gasteiger partial charge on any atom is -0.479 e. The van der Waals surface area contributed by atoms with Gasteiger partial charge in [-0.2, -0.15) is 0 Å². The maximum absolute atomic E-state index is 13.3. The molecular formula is C26H38O8. The number of aliphatic hydroxyl groups is 3. The van der Waals surface area contributed by atoms with Crippen molar-refractivity contribution < 1.29 is 39.5 Å². The third-order valence-corrected chi connectivity index (χ3v) is 9.42. The van der Waals surface area contributed by atoms with Gasteiger partial charge in [0.25, 0.3) is 0 Å². The maximum atomic E-state index is 13.3. The van der Waals surface area contributed by atoms with E-state index in [0.29, 0.717) is 12.3 Å². The smallest absolute Gasteiger partial charge is 0.335 e. The van der Waals surface area contributed by atoms with Gasteiger partial charge in [-0.3, -0.25) is 4.79 Å². The number of ether oxygens (including phenoxy) is 2. The Morgan fingerprint density at radius 3 is 2.56 bits per heavy atom. The highest BCUT2D eigenvalue weighted by atomic mass is 16.7. The summed E-state index contributed by atoms with van der Waals surface area (Å²) in [5.41, 5.74) is 0.627. The van der Waals surface area contributed by atoms with Gasteiger partial charge in [0.2, 0.25) is 0 Å². The first-order valence-corrected chi connectivity index (χ1v) is 12.3. The highest BCUT2D eigenvalue weighted by molar-refractivity contribution is 5.86. The Balaban J connectivity index is 1.56. The lowest BCUT2D eigenvalue weighted by atomic mass is 9.45. The molecule has 190 valence electrons. The minimum atomic E-state index is -1.78. The standard InChI is InChI=1S/C26H38O8/c1-5-24(2)10-8-15-14(12-24)6-7-16-25(15,3)11-9-17(27)26(16,4)13-33-23-20(30)18(28)19(29)21(34-23)22(31)32/h5-6,15-16,18-21,23,28-30H,1,7-13H2,2-4H3,(H,31,32). The molecule has 8 heteroatoms. The highest BCUT2D eigenvalue weighted by Crippen LogP contribution is 2.63. The van der Waals surface area contributed by atoms with E-state index in [4.69, 9.17) is 9.47 Å². The molecule has 0 amide bonds. The predicted molar refractivity (Wildman–Crippen MR) is 123 cm³/mol. The molecule has 1 aliphatic heterocycles. The zero-order valence-electron chi connectivity index (χ0n) is 20.3. The quantitative estimate of drug-likeness (QED) is 0.442. The molecule has 1 saturated heterocycles. The van der Waals surface area contributed by atoms with Crippen LogP contribution < -0.4 is 0 Å². The van der Waals surface area contributed by atoms with E-state index in [0.717, 1.165) is 32.1 Å². The molecule has 1 heterocycles. The van der Waals surface area contributed by atoms with Gasteiger partial charge < -0.3 is 29.9 Å². The number of carboxylic acid groups (broad SMARTS) is 1. The molecule has 34 heavy (non-hydrogen) atoms. The second-order valence-corrected chi connectivity index (χ2v) is 11.6.